The third-order valence-electron chi connectivity index (χ3n) is 3.32. The van der Waals surface area contributed by atoms with Crippen LogP contribution in [0.25, 0.3) is 11.1 Å². The third-order valence-corrected chi connectivity index (χ3v) is 3.32. The average Bonchev–Trinajstić information content (AvgIpc) is 2.53. The molecule has 3 nitrogen and oxygen atoms in total. The second-order valence-corrected chi connectivity index (χ2v) is 4.73. The highest BCUT2D eigenvalue weighted by Crippen LogP contribution is 2.38. The van der Waals surface area contributed by atoms with Gasteiger partial charge in [-0.2, -0.15) is 18.4 Å². The molecule has 0 amide bonds. The lowest BCUT2D eigenvalue weighted by Crippen LogP contribution is -2.15. The molecule has 0 N–H and O–H groups in total. The summed E-state index contributed by atoms with van der Waals surface area (Å²) < 4.78 is 49.8. The molecule has 0 fully saturated rings. The van der Waals surface area contributed by atoms with Crippen molar-refractivity contribution in [2.75, 3.05) is 13.2 Å². The first-order valence-electron chi connectivity index (χ1n) is 6.50. The van der Waals surface area contributed by atoms with Gasteiger partial charge in [0.05, 0.1) is 17.2 Å². The van der Waals surface area contributed by atoms with E-state index in [9.17, 15) is 13.2 Å². The van der Waals surface area contributed by atoms with Crippen LogP contribution in [0.1, 0.15) is 11.1 Å². The summed E-state index contributed by atoms with van der Waals surface area (Å²) in [7, 11) is 0. The van der Waals surface area contributed by atoms with Crippen molar-refractivity contribution in [2.45, 2.75) is 6.18 Å². The second kappa shape index (κ2) is 5.26. The fourth-order valence-corrected chi connectivity index (χ4v) is 2.28. The lowest BCUT2D eigenvalue weighted by atomic mass is 9.99. The second-order valence-electron chi connectivity index (χ2n) is 4.73. The zero-order chi connectivity index (χ0) is 15.7. The summed E-state index contributed by atoms with van der Waals surface area (Å²) in [6, 6.07) is 10.2. The van der Waals surface area contributed by atoms with Crippen molar-refractivity contribution in [3.63, 3.8) is 0 Å². The average molecular weight is 305 g/mol. The fourth-order valence-electron chi connectivity index (χ4n) is 2.28. The van der Waals surface area contributed by atoms with E-state index in [-0.39, 0.29) is 0 Å². The highest BCUT2D eigenvalue weighted by Gasteiger charge is 2.33. The summed E-state index contributed by atoms with van der Waals surface area (Å²) in [5.41, 5.74) is -0.404. The standard InChI is InChI=1S/C16H10F3NO2/c17-16(18,19)13-7-10(1-2-12(13)9-20)11-3-4-14-15(8-11)22-6-5-21-14/h1-4,7-8H,5-6H2. The summed E-state index contributed by atoms with van der Waals surface area (Å²) in [5.74, 6) is 1.07. The van der Waals surface area contributed by atoms with E-state index in [1.807, 2.05) is 0 Å². The number of halogens is 3. The molecule has 0 spiro atoms. The van der Waals surface area contributed by atoms with Gasteiger partial charge in [-0.15, -0.1) is 0 Å². The van der Waals surface area contributed by atoms with Gasteiger partial charge in [-0.05, 0) is 35.4 Å². The first kappa shape index (κ1) is 14.3. The Labute approximate surface area is 124 Å². The maximum absolute atomic E-state index is 13.0. The van der Waals surface area contributed by atoms with Crippen LogP contribution in [0, 0.1) is 11.3 Å². The number of benzene rings is 2. The summed E-state index contributed by atoms with van der Waals surface area (Å²) in [6.45, 7) is 0.846. The summed E-state index contributed by atoms with van der Waals surface area (Å²) in [6.07, 6.45) is -4.57. The van der Waals surface area contributed by atoms with Gasteiger partial charge >= 0.3 is 6.18 Å². The van der Waals surface area contributed by atoms with Crippen molar-refractivity contribution in [2.24, 2.45) is 0 Å². The summed E-state index contributed by atoms with van der Waals surface area (Å²) in [5, 5.41) is 8.81. The van der Waals surface area contributed by atoms with Gasteiger partial charge in [0.1, 0.15) is 13.2 Å². The predicted octanol–water partition coefficient (Wildman–Crippen LogP) is 4.02. The molecule has 0 saturated carbocycles. The quantitative estimate of drug-likeness (QED) is 0.799. The lowest BCUT2D eigenvalue weighted by Gasteiger charge is -2.19. The van der Waals surface area contributed by atoms with E-state index < -0.39 is 17.3 Å². The van der Waals surface area contributed by atoms with Crippen LogP contribution >= 0.6 is 0 Å². The first-order valence-corrected chi connectivity index (χ1v) is 6.50. The number of rotatable bonds is 1. The number of ether oxygens (including phenoxy) is 2. The van der Waals surface area contributed by atoms with Crippen molar-refractivity contribution in [3.8, 4) is 28.7 Å². The Kier molecular flexibility index (Phi) is 3.41. The SMILES string of the molecule is N#Cc1ccc(-c2ccc3c(c2)OCCO3)cc1C(F)(F)F. The normalized spacial score (nSPS) is 13.5. The fraction of sp³-hybridized carbons (Fsp3) is 0.188. The minimum absolute atomic E-state index is 0.364. The van der Waals surface area contributed by atoms with E-state index in [1.54, 1.807) is 24.3 Å². The van der Waals surface area contributed by atoms with Crippen LogP contribution in [0.15, 0.2) is 36.4 Å². The molecule has 1 aliphatic rings. The van der Waals surface area contributed by atoms with Gasteiger partial charge in [-0.25, -0.2) is 0 Å². The van der Waals surface area contributed by atoms with Crippen molar-refractivity contribution >= 4 is 0 Å². The predicted molar refractivity (Wildman–Crippen MR) is 72.6 cm³/mol. The van der Waals surface area contributed by atoms with Crippen LogP contribution in [0.4, 0.5) is 13.2 Å². The Morgan fingerprint density at radius 3 is 2.23 bits per heavy atom. The van der Waals surface area contributed by atoms with E-state index in [2.05, 4.69) is 0 Å². The number of nitrogens with zero attached hydrogens (tertiary/aromatic N) is 1. The molecule has 112 valence electrons. The van der Waals surface area contributed by atoms with Crippen LogP contribution < -0.4 is 9.47 Å². The van der Waals surface area contributed by atoms with Gasteiger partial charge in [-0.1, -0.05) is 12.1 Å². The Balaban J connectivity index is 2.07. The van der Waals surface area contributed by atoms with Gasteiger partial charge < -0.3 is 9.47 Å². The minimum Gasteiger partial charge on any atom is -0.486 e. The Bertz CT molecular complexity index is 763. The topological polar surface area (TPSA) is 42.2 Å². The molecule has 0 aliphatic carbocycles. The molecule has 0 aromatic heterocycles. The Morgan fingerprint density at radius 2 is 1.55 bits per heavy atom. The summed E-state index contributed by atoms with van der Waals surface area (Å²) >= 11 is 0. The molecule has 6 heteroatoms. The zero-order valence-corrected chi connectivity index (χ0v) is 11.3. The van der Waals surface area contributed by atoms with Crippen LogP contribution in [-0.2, 0) is 6.18 Å². The molecule has 0 saturated heterocycles. The first-order chi connectivity index (χ1) is 10.5. The van der Waals surface area contributed by atoms with Gasteiger partial charge in [0.25, 0.3) is 0 Å². The number of hydrogen-bond acceptors (Lipinski definition) is 3. The molecule has 0 atom stereocenters. The van der Waals surface area contributed by atoms with E-state index in [4.69, 9.17) is 14.7 Å². The van der Waals surface area contributed by atoms with Crippen molar-refractivity contribution in [1.29, 1.82) is 5.26 Å². The summed E-state index contributed by atoms with van der Waals surface area (Å²) in [4.78, 5) is 0. The number of nitriles is 1. The number of hydrogen-bond donors (Lipinski definition) is 0. The highest BCUT2D eigenvalue weighted by atomic mass is 19.4. The van der Waals surface area contributed by atoms with Crippen molar-refractivity contribution < 1.29 is 22.6 Å². The van der Waals surface area contributed by atoms with Gasteiger partial charge in [0.15, 0.2) is 11.5 Å². The van der Waals surface area contributed by atoms with E-state index in [1.165, 1.54) is 12.1 Å². The molecule has 22 heavy (non-hydrogen) atoms. The monoisotopic (exact) mass is 305 g/mol. The van der Waals surface area contributed by atoms with Crippen LogP contribution in [-0.4, -0.2) is 13.2 Å². The smallest absolute Gasteiger partial charge is 0.417 e. The maximum Gasteiger partial charge on any atom is 0.417 e. The van der Waals surface area contributed by atoms with E-state index in [0.717, 1.165) is 6.07 Å². The van der Waals surface area contributed by atoms with Crippen LogP contribution in [0.3, 0.4) is 0 Å². The van der Waals surface area contributed by atoms with Crippen molar-refractivity contribution in [1.82, 2.24) is 0 Å². The van der Waals surface area contributed by atoms with Gasteiger partial charge in [0.2, 0.25) is 0 Å². The van der Waals surface area contributed by atoms with Gasteiger partial charge in [-0.3, -0.25) is 0 Å². The highest BCUT2D eigenvalue weighted by molar-refractivity contribution is 5.69. The maximum atomic E-state index is 13.0. The number of alkyl halides is 3. The van der Waals surface area contributed by atoms with Gasteiger partial charge in [0, 0.05) is 0 Å². The molecule has 1 aliphatic heterocycles. The number of fused-ring (bicyclic) bond motifs is 1. The molecule has 0 bridgehead atoms. The molecule has 0 unspecified atom stereocenters. The van der Waals surface area contributed by atoms with Crippen LogP contribution in [0.2, 0.25) is 0 Å². The minimum atomic E-state index is -4.57. The molecular weight excluding hydrogens is 295 g/mol. The molecule has 2 aromatic carbocycles. The molecule has 2 aromatic rings. The molecule has 0 radical (unpaired) electrons. The largest absolute Gasteiger partial charge is 0.486 e. The molecular formula is C16H10F3NO2. The third kappa shape index (κ3) is 2.58. The Hall–Kier alpha value is -2.68. The van der Waals surface area contributed by atoms with Crippen molar-refractivity contribution in [3.05, 3.63) is 47.5 Å². The zero-order valence-electron chi connectivity index (χ0n) is 11.3. The Morgan fingerprint density at radius 1 is 0.909 bits per heavy atom. The molecule has 3 rings (SSSR count). The molecule has 1 heterocycles. The van der Waals surface area contributed by atoms with E-state index in [0.29, 0.717) is 35.8 Å². The lowest BCUT2D eigenvalue weighted by molar-refractivity contribution is -0.137. The van der Waals surface area contributed by atoms with Crippen LogP contribution in [0.5, 0.6) is 11.5 Å². The van der Waals surface area contributed by atoms with E-state index >= 15 is 0 Å².